The third-order valence-electron chi connectivity index (χ3n) is 4.78. The number of non-ortho nitro benzene ring substituents is 1. The van der Waals surface area contributed by atoms with Crippen LogP contribution in [0.2, 0.25) is 0 Å². The summed E-state index contributed by atoms with van der Waals surface area (Å²) in [6, 6.07) is 6.67. The molecule has 0 aliphatic carbocycles. The fourth-order valence-electron chi connectivity index (χ4n) is 3.14. The summed E-state index contributed by atoms with van der Waals surface area (Å²) < 4.78 is 26.3. The number of nitro groups is 1. The zero-order chi connectivity index (χ0) is 18.4. The van der Waals surface area contributed by atoms with Gasteiger partial charge in [-0.1, -0.05) is 31.9 Å². The molecule has 0 aromatic heterocycles. The van der Waals surface area contributed by atoms with Crippen molar-refractivity contribution in [2.75, 3.05) is 31.9 Å². The lowest BCUT2D eigenvalue weighted by molar-refractivity contribution is -0.385. The fraction of sp³-hybridized carbons (Fsp3) is 0.647. The Labute approximate surface area is 149 Å². The zero-order valence-corrected chi connectivity index (χ0v) is 15.7. The van der Waals surface area contributed by atoms with E-state index in [0.29, 0.717) is 32.6 Å². The number of hydrogen-bond acceptors (Lipinski definition) is 5. The molecule has 1 fully saturated rings. The van der Waals surface area contributed by atoms with Crippen molar-refractivity contribution in [2.45, 2.75) is 39.2 Å². The van der Waals surface area contributed by atoms with Gasteiger partial charge in [-0.2, -0.15) is 4.31 Å². The molecule has 140 valence electrons. The van der Waals surface area contributed by atoms with Crippen molar-refractivity contribution < 1.29 is 13.3 Å². The number of hydrogen-bond donors (Lipinski definition) is 0. The van der Waals surface area contributed by atoms with Gasteiger partial charge in [0.15, 0.2) is 0 Å². The molecule has 1 aliphatic heterocycles. The summed E-state index contributed by atoms with van der Waals surface area (Å²) >= 11 is 0. The van der Waals surface area contributed by atoms with E-state index < -0.39 is 14.9 Å². The number of piperazine rings is 1. The second-order valence-electron chi connectivity index (χ2n) is 6.49. The van der Waals surface area contributed by atoms with Gasteiger partial charge in [-0.25, -0.2) is 8.42 Å². The first-order valence-corrected chi connectivity index (χ1v) is 10.4. The lowest BCUT2D eigenvalue weighted by atomic mass is 10.1. The van der Waals surface area contributed by atoms with Crippen LogP contribution in [0.1, 0.15) is 44.7 Å². The van der Waals surface area contributed by atoms with Gasteiger partial charge in [-0.15, -0.1) is 0 Å². The summed E-state index contributed by atoms with van der Waals surface area (Å²) in [5.74, 6) is 0.223. The average Bonchev–Trinajstić information content (AvgIpc) is 2.61. The molecule has 1 aromatic rings. The summed E-state index contributed by atoms with van der Waals surface area (Å²) in [6.45, 7) is 6.29. The number of nitro benzene ring substituents is 1. The van der Waals surface area contributed by atoms with Crippen LogP contribution >= 0.6 is 0 Å². The first-order valence-electron chi connectivity index (χ1n) is 8.81. The number of nitrogens with zero attached hydrogens (tertiary/aromatic N) is 3. The molecular formula is C17H27N3O4S. The molecule has 8 heteroatoms. The van der Waals surface area contributed by atoms with Crippen molar-refractivity contribution in [1.82, 2.24) is 9.21 Å². The largest absolute Gasteiger partial charge is 0.294 e. The Kier molecular flexibility index (Phi) is 6.92. The van der Waals surface area contributed by atoms with Gasteiger partial charge in [-0.3, -0.25) is 15.0 Å². The molecule has 0 radical (unpaired) electrons. The number of sulfonamides is 1. The lowest BCUT2D eigenvalue weighted by Crippen LogP contribution is -2.49. The molecule has 0 saturated carbocycles. The highest BCUT2D eigenvalue weighted by atomic mass is 32.2. The van der Waals surface area contributed by atoms with Crippen LogP contribution in [0, 0.1) is 10.1 Å². The number of rotatable bonds is 8. The molecule has 1 heterocycles. The van der Waals surface area contributed by atoms with Gasteiger partial charge < -0.3 is 0 Å². The Morgan fingerprint density at radius 1 is 1.20 bits per heavy atom. The van der Waals surface area contributed by atoms with Crippen molar-refractivity contribution in [1.29, 1.82) is 0 Å². The molecular weight excluding hydrogens is 342 g/mol. The highest BCUT2D eigenvalue weighted by Gasteiger charge is 2.29. The quantitative estimate of drug-likeness (QED) is 0.400. The maximum absolute atomic E-state index is 12.4. The summed E-state index contributed by atoms with van der Waals surface area (Å²) in [6.07, 6.45) is 2.65. The van der Waals surface area contributed by atoms with Crippen molar-refractivity contribution in [2.24, 2.45) is 0 Å². The Hall–Kier alpha value is -1.51. The molecule has 0 bridgehead atoms. The average molecular weight is 369 g/mol. The summed E-state index contributed by atoms with van der Waals surface area (Å²) in [7, 11) is -3.17. The monoisotopic (exact) mass is 369 g/mol. The van der Waals surface area contributed by atoms with Crippen LogP contribution in [0.3, 0.4) is 0 Å². The molecule has 0 spiro atoms. The van der Waals surface area contributed by atoms with Gasteiger partial charge in [0.1, 0.15) is 0 Å². The van der Waals surface area contributed by atoms with Crippen molar-refractivity contribution in [3.63, 3.8) is 0 Å². The van der Waals surface area contributed by atoms with E-state index >= 15 is 0 Å². The molecule has 0 amide bonds. The topological polar surface area (TPSA) is 83.8 Å². The van der Waals surface area contributed by atoms with Gasteiger partial charge in [0, 0.05) is 44.4 Å². The van der Waals surface area contributed by atoms with Crippen LogP contribution in [0.5, 0.6) is 0 Å². The van der Waals surface area contributed by atoms with Gasteiger partial charge in [0.25, 0.3) is 5.69 Å². The number of benzene rings is 1. The van der Waals surface area contributed by atoms with E-state index in [1.54, 1.807) is 16.4 Å². The Bertz CT molecular complexity index is 685. The highest BCUT2D eigenvalue weighted by Crippen LogP contribution is 2.25. The Morgan fingerprint density at radius 3 is 2.48 bits per heavy atom. The minimum absolute atomic E-state index is 0.0184. The molecule has 25 heavy (non-hydrogen) atoms. The maximum atomic E-state index is 12.4. The van der Waals surface area contributed by atoms with E-state index in [1.165, 1.54) is 6.07 Å². The SMILES string of the molecule is CCCCCS(=O)(=O)N1CCN(C(C)c2cccc([N+](=O)[O-])c2)CC1. The highest BCUT2D eigenvalue weighted by molar-refractivity contribution is 7.89. The fourth-order valence-corrected chi connectivity index (χ4v) is 4.69. The summed E-state index contributed by atoms with van der Waals surface area (Å²) in [5.41, 5.74) is 0.968. The van der Waals surface area contributed by atoms with E-state index in [-0.39, 0.29) is 17.5 Å². The van der Waals surface area contributed by atoms with Crippen molar-refractivity contribution >= 4 is 15.7 Å². The molecule has 1 unspecified atom stereocenters. The smallest absolute Gasteiger partial charge is 0.269 e. The zero-order valence-electron chi connectivity index (χ0n) is 14.9. The normalized spacial score (nSPS) is 18.2. The van der Waals surface area contributed by atoms with E-state index in [0.717, 1.165) is 18.4 Å². The number of unbranched alkanes of at least 4 members (excludes halogenated alkanes) is 2. The second-order valence-corrected chi connectivity index (χ2v) is 8.57. The maximum Gasteiger partial charge on any atom is 0.269 e. The molecule has 0 N–H and O–H groups in total. The Morgan fingerprint density at radius 2 is 1.88 bits per heavy atom. The van der Waals surface area contributed by atoms with Crippen molar-refractivity contribution in [3.8, 4) is 0 Å². The third-order valence-corrected chi connectivity index (χ3v) is 6.74. The third kappa shape index (κ3) is 5.23. The predicted octanol–water partition coefficient (Wildman–Crippen LogP) is 2.79. The van der Waals surface area contributed by atoms with Crippen LogP contribution in [-0.2, 0) is 10.0 Å². The minimum atomic E-state index is -3.17. The van der Waals surface area contributed by atoms with Crippen LogP contribution in [0.4, 0.5) is 5.69 Å². The Balaban J connectivity index is 1.95. The van der Waals surface area contributed by atoms with Gasteiger partial charge in [-0.05, 0) is 18.9 Å². The molecule has 2 rings (SSSR count). The molecule has 7 nitrogen and oxygen atoms in total. The lowest BCUT2D eigenvalue weighted by Gasteiger charge is -2.37. The van der Waals surface area contributed by atoms with Gasteiger partial charge in [0.05, 0.1) is 10.7 Å². The van der Waals surface area contributed by atoms with E-state index in [4.69, 9.17) is 0 Å². The first kappa shape index (κ1) is 19.8. The van der Waals surface area contributed by atoms with Crippen LogP contribution in [0.15, 0.2) is 24.3 Å². The standard InChI is InChI=1S/C17H27N3O4S/c1-3-4-5-13-25(23,24)19-11-9-18(10-12-19)15(2)16-7-6-8-17(14-16)20(21)22/h6-8,14-15H,3-5,9-13H2,1-2H3. The first-order chi connectivity index (χ1) is 11.8. The van der Waals surface area contributed by atoms with Crippen LogP contribution < -0.4 is 0 Å². The van der Waals surface area contributed by atoms with Crippen LogP contribution in [-0.4, -0.2) is 54.5 Å². The van der Waals surface area contributed by atoms with E-state index in [1.807, 2.05) is 13.0 Å². The van der Waals surface area contributed by atoms with Gasteiger partial charge >= 0.3 is 0 Å². The van der Waals surface area contributed by atoms with E-state index in [2.05, 4.69) is 11.8 Å². The molecule has 1 atom stereocenters. The second kappa shape index (κ2) is 8.73. The summed E-state index contributed by atoms with van der Waals surface area (Å²) in [5, 5.41) is 10.9. The predicted molar refractivity (Wildman–Crippen MR) is 98.0 cm³/mol. The molecule has 1 aromatic carbocycles. The molecule has 1 saturated heterocycles. The van der Waals surface area contributed by atoms with E-state index in [9.17, 15) is 18.5 Å². The molecule has 1 aliphatic rings. The van der Waals surface area contributed by atoms with Gasteiger partial charge in [0.2, 0.25) is 10.0 Å². The minimum Gasteiger partial charge on any atom is -0.294 e. The van der Waals surface area contributed by atoms with Crippen LogP contribution in [0.25, 0.3) is 0 Å². The van der Waals surface area contributed by atoms with Crippen molar-refractivity contribution in [3.05, 3.63) is 39.9 Å². The summed E-state index contributed by atoms with van der Waals surface area (Å²) in [4.78, 5) is 12.7.